The maximum Gasteiger partial charge on any atom is 0.0969 e. The molecule has 4 aromatic rings. The Morgan fingerprint density at radius 1 is 0.567 bits per heavy atom. The zero-order valence-corrected chi connectivity index (χ0v) is 18.2. The van der Waals surface area contributed by atoms with Crippen LogP contribution in [-0.2, 0) is 36.8 Å². The third-order valence-electron chi connectivity index (χ3n) is 5.13. The molecule has 0 bridgehead atoms. The third kappa shape index (κ3) is 5.57. The molecule has 4 rings (SSSR count). The first-order chi connectivity index (χ1) is 14.3. The Labute approximate surface area is 190 Å². The Kier molecular flexibility index (Phi) is 7.80. The van der Waals surface area contributed by atoms with Crippen molar-refractivity contribution in [2.45, 2.75) is 19.4 Å². The smallest absolute Gasteiger partial charge is 0.0969 e. The van der Waals surface area contributed by atoms with Gasteiger partial charge in [0.15, 0.2) is 0 Å². The molecule has 0 fully saturated rings. The Balaban J connectivity index is 0.00000256. The fraction of sp³-hybridized carbons (Fsp3) is 0.107. The molecule has 0 aliphatic rings. The zero-order chi connectivity index (χ0) is 19.9. The number of ether oxygens (including phenoxy) is 1. The summed E-state index contributed by atoms with van der Waals surface area (Å²) in [5, 5.41) is 0. The van der Waals surface area contributed by atoms with E-state index in [1.807, 2.05) is 18.2 Å². The van der Waals surface area contributed by atoms with E-state index in [-0.39, 0.29) is 17.4 Å². The van der Waals surface area contributed by atoms with E-state index in [4.69, 9.17) is 4.74 Å². The molecule has 0 amide bonds. The zero-order valence-electron chi connectivity index (χ0n) is 17.0. The summed E-state index contributed by atoms with van der Waals surface area (Å²) >= 11 is 0. The minimum absolute atomic E-state index is 0. The van der Waals surface area contributed by atoms with Crippen LogP contribution in [0.5, 0.6) is 5.75 Å². The summed E-state index contributed by atoms with van der Waals surface area (Å²) in [7, 11) is 0. The molecule has 0 radical (unpaired) electrons. The first-order valence-corrected chi connectivity index (χ1v) is 10.0. The quantitative estimate of drug-likeness (QED) is 0.300. The molecule has 1 nitrogen and oxygen atoms in total. The van der Waals surface area contributed by atoms with Gasteiger partial charge in [0.05, 0.1) is 6.61 Å². The van der Waals surface area contributed by atoms with Crippen molar-refractivity contribution in [3.8, 4) is 5.75 Å². The Bertz CT molecular complexity index is 1040. The second-order valence-corrected chi connectivity index (χ2v) is 7.29. The first kappa shape index (κ1) is 21.8. The van der Waals surface area contributed by atoms with E-state index < -0.39 is 0 Å². The predicted octanol–water partition coefficient (Wildman–Crippen LogP) is 6.63. The second-order valence-electron chi connectivity index (χ2n) is 7.29. The maximum atomic E-state index is 6.34. The molecule has 4 aromatic carbocycles. The summed E-state index contributed by atoms with van der Waals surface area (Å²) in [5.41, 5.74) is 7.18. The molecule has 30 heavy (non-hydrogen) atoms. The van der Waals surface area contributed by atoms with Crippen LogP contribution in [0.1, 0.15) is 33.4 Å². The fourth-order valence-electron chi connectivity index (χ4n) is 3.60. The molecule has 0 unspecified atom stereocenters. The standard InChI is InChI=1S/C28H25O.Cr/c1-22-17-18-26(19-23-11-5-2-6-12-23)27(20-24-13-7-3-8-14-24)28(22)29-21-25-15-9-4-10-16-25;/h2-18H,1,19-21H2;/q-1;. The van der Waals surface area contributed by atoms with Crippen molar-refractivity contribution in [2.75, 3.05) is 0 Å². The normalized spacial score (nSPS) is 10.3. The van der Waals surface area contributed by atoms with E-state index in [0.717, 1.165) is 29.7 Å². The summed E-state index contributed by atoms with van der Waals surface area (Å²) in [6.07, 6.45) is 1.71. The molecular weight excluding hydrogens is 404 g/mol. The van der Waals surface area contributed by atoms with Crippen molar-refractivity contribution in [2.24, 2.45) is 0 Å². The van der Waals surface area contributed by atoms with Gasteiger partial charge < -0.3 is 4.74 Å². The maximum absolute atomic E-state index is 6.34. The van der Waals surface area contributed by atoms with Gasteiger partial charge in [-0.2, -0.15) is 18.6 Å². The molecule has 0 saturated heterocycles. The van der Waals surface area contributed by atoms with Crippen LogP contribution in [0, 0.1) is 6.92 Å². The van der Waals surface area contributed by atoms with Gasteiger partial charge in [0, 0.05) is 23.1 Å². The Hall–Kier alpha value is -2.92. The van der Waals surface area contributed by atoms with Gasteiger partial charge in [-0.1, -0.05) is 102 Å². The second kappa shape index (κ2) is 10.7. The largest absolute Gasteiger partial charge is 0.546 e. The van der Waals surface area contributed by atoms with Gasteiger partial charge in [-0.05, 0) is 29.5 Å². The minimum atomic E-state index is 0. The van der Waals surface area contributed by atoms with E-state index >= 15 is 0 Å². The van der Waals surface area contributed by atoms with Crippen molar-refractivity contribution >= 4 is 0 Å². The van der Waals surface area contributed by atoms with Crippen molar-refractivity contribution in [1.82, 2.24) is 0 Å². The summed E-state index contributed by atoms with van der Waals surface area (Å²) in [5.74, 6) is 0.908. The van der Waals surface area contributed by atoms with Crippen LogP contribution in [0.2, 0.25) is 0 Å². The van der Waals surface area contributed by atoms with Gasteiger partial charge in [0.2, 0.25) is 0 Å². The molecule has 0 N–H and O–H groups in total. The van der Waals surface area contributed by atoms with Crippen LogP contribution in [0.25, 0.3) is 0 Å². The number of rotatable bonds is 7. The average molecular weight is 430 g/mol. The number of hydrogen-bond donors (Lipinski definition) is 0. The first-order valence-electron chi connectivity index (χ1n) is 10.0. The van der Waals surface area contributed by atoms with Crippen LogP contribution in [0.15, 0.2) is 103 Å². The van der Waals surface area contributed by atoms with Crippen LogP contribution in [0.3, 0.4) is 0 Å². The van der Waals surface area contributed by atoms with Gasteiger partial charge in [0.1, 0.15) is 0 Å². The molecule has 2 heteroatoms. The van der Waals surface area contributed by atoms with Crippen molar-refractivity contribution in [3.05, 3.63) is 143 Å². The molecule has 0 spiro atoms. The molecule has 0 saturated carbocycles. The Morgan fingerprint density at radius 3 is 1.63 bits per heavy atom. The van der Waals surface area contributed by atoms with E-state index in [0.29, 0.717) is 6.61 Å². The van der Waals surface area contributed by atoms with E-state index in [1.165, 1.54) is 22.3 Å². The van der Waals surface area contributed by atoms with E-state index in [9.17, 15) is 0 Å². The van der Waals surface area contributed by atoms with Crippen molar-refractivity contribution in [3.63, 3.8) is 0 Å². The summed E-state index contributed by atoms with van der Waals surface area (Å²) < 4.78 is 6.34. The van der Waals surface area contributed by atoms with E-state index in [2.05, 4.69) is 91.9 Å². The van der Waals surface area contributed by atoms with Crippen molar-refractivity contribution in [1.29, 1.82) is 0 Å². The SMILES string of the molecule is [CH2-]c1ccc(Cc2ccccc2)c(Cc2ccccc2)c1OCc1ccccc1.[Cr]. The monoisotopic (exact) mass is 429 g/mol. The summed E-state index contributed by atoms with van der Waals surface area (Å²) in [6, 6.07) is 35.7. The van der Waals surface area contributed by atoms with Crippen molar-refractivity contribution < 1.29 is 22.1 Å². The summed E-state index contributed by atoms with van der Waals surface area (Å²) in [6.45, 7) is 4.80. The van der Waals surface area contributed by atoms with Gasteiger partial charge in [-0.25, -0.2) is 0 Å². The molecule has 0 aliphatic heterocycles. The van der Waals surface area contributed by atoms with Gasteiger partial charge in [-0.3, -0.25) is 0 Å². The minimum Gasteiger partial charge on any atom is -0.546 e. The molecule has 150 valence electrons. The Morgan fingerprint density at radius 2 is 1.07 bits per heavy atom. The van der Waals surface area contributed by atoms with E-state index in [1.54, 1.807) is 0 Å². The van der Waals surface area contributed by atoms with Crippen LogP contribution in [0.4, 0.5) is 0 Å². The fourth-order valence-corrected chi connectivity index (χ4v) is 3.60. The van der Waals surface area contributed by atoms with Crippen LogP contribution in [-0.4, -0.2) is 0 Å². The van der Waals surface area contributed by atoms with Crippen LogP contribution >= 0.6 is 0 Å². The van der Waals surface area contributed by atoms with Gasteiger partial charge in [0.25, 0.3) is 0 Å². The third-order valence-corrected chi connectivity index (χ3v) is 5.13. The van der Waals surface area contributed by atoms with Gasteiger partial charge in [-0.15, -0.1) is 6.07 Å². The molecular formula is C28H25CrO-. The molecule has 0 aliphatic carbocycles. The number of hydrogen-bond acceptors (Lipinski definition) is 1. The molecule has 0 heterocycles. The molecule has 0 atom stereocenters. The topological polar surface area (TPSA) is 9.23 Å². The number of benzene rings is 4. The average Bonchev–Trinajstić information content (AvgIpc) is 2.77. The van der Waals surface area contributed by atoms with Crippen LogP contribution < -0.4 is 4.74 Å². The summed E-state index contributed by atoms with van der Waals surface area (Å²) in [4.78, 5) is 0. The van der Waals surface area contributed by atoms with Gasteiger partial charge >= 0.3 is 0 Å². The molecule has 0 aromatic heterocycles. The predicted molar refractivity (Wildman–Crippen MR) is 120 cm³/mol.